The summed E-state index contributed by atoms with van der Waals surface area (Å²) in [5.41, 5.74) is 1.93. The SMILES string of the molecule is COc1ccc(/C=C/C(=O)NC[C@@H](C)c2ccccc2)c(OC)c1OC. The molecule has 26 heavy (non-hydrogen) atoms. The third-order valence-electron chi connectivity index (χ3n) is 4.10. The molecule has 0 heterocycles. The third-order valence-corrected chi connectivity index (χ3v) is 4.10. The average molecular weight is 355 g/mol. The van der Waals surface area contributed by atoms with Crippen LogP contribution < -0.4 is 19.5 Å². The smallest absolute Gasteiger partial charge is 0.244 e. The predicted octanol–water partition coefficient (Wildman–Crippen LogP) is 3.65. The fraction of sp³-hybridized carbons (Fsp3) is 0.286. The fourth-order valence-corrected chi connectivity index (χ4v) is 2.63. The molecular formula is C21H25NO4. The molecule has 0 unspecified atom stereocenters. The molecular weight excluding hydrogens is 330 g/mol. The van der Waals surface area contributed by atoms with Crippen molar-refractivity contribution in [3.8, 4) is 17.2 Å². The lowest BCUT2D eigenvalue weighted by molar-refractivity contribution is -0.116. The molecule has 0 aromatic heterocycles. The van der Waals surface area contributed by atoms with E-state index in [1.165, 1.54) is 11.6 Å². The molecule has 0 aliphatic heterocycles. The number of amides is 1. The number of nitrogens with one attached hydrogen (secondary N) is 1. The minimum atomic E-state index is -0.162. The van der Waals surface area contributed by atoms with E-state index in [4.69, 9.17) is 14.2 Å². The van der Waals surface area contributed by atoms with Gasteiger partial charge < -0.3 is 19.5 Å². The lowest BCUT2D eigenvalue weighted by Gasteiger charge is -2.14. The molecule has 2 rings (SSSR count). The van der Waals surface area contributed by atoms with Crippen molar-refractivity contribution in [3.05, 3.63) is 59.7 Å². The number of ether oxygens (including phenoxy) is 3. The first-order valence-electron chi connectivity index (χ1n) is 8.40. The van der Waals surface area contributed by atoms with E-state index in [0.717, 1.165) is 5.56 Å². The molecule has 0 saturated carbocycles. The number of rotatable bonds is 8. The zero-order valence-electron chi connectivity index (χ0n) is 15.6. The molecule has 1 amide bonds. The van der Waals surface area contributed by atoms with Gasteiger partial charge in [-0.2, -0.15) is 0 Å². The van der Waals surface area contributed by atoms with Crippen molar-refractivity contribution in [2.75, 3.05) is 27.9 Å². The average Bonchev–Trinajstić information content (AvgIpc) is 2.69. The van der Waals surface area contributed by atoms with Crippen molar-refractivity contribution < 1.29 is 19.0 Å². The van der Waals surface area contributed by atoms with Crippen LogP contribution in [0, 0.1) is 0 Å². The second kappa shape index (κ2) is 9.51. The third kappa shape index (κ3) is 4.79. The Hall–Kier alpha value is -2.95. The number of methoxy groups -OCH3 is 3. The Labute approximate surface area is 154 Å². The van der Waals surface area contributed by atoms with Gasteiger partial charge in [0.15, 0.2) is 11.5 Å². The minimum absolute atomic E-state index is 0.162. The molecule has 1 atom stereocenters. The molecule has 0 fully saturated rings. The first kappa shape index (κ1) is 19.4. The van der Waals surface area contributed by atoms with Gasteiger partial charge in [0.25, 0.3) is 0 Å². The number of carbonyl (C=O) groups is 1. The summed E-state index contributed by atoms with van der Waals surface area (Å²) in [5.74, 6) is 1.67. The summed E-state index contributed by atoms with van der Waals surface area (Å²) in [6, 6.07) is 13.7. The zero-order valence-corrected chi connectivity index (χ0v) is 15.6. The maximum atomic E-state index is 12.1. The highest BCUT2D eigenvalue weighted by Crippen LogP contribution is 2.40. The molecule has 0 spiro atoms. The maximum Gasteiger partial charge on any atom is 0.244 e. The standard InChI is InChI=1S/C21H25NO4/c1-15(16-8-6-5-7-9-16)14-22-19(23)13-11-17-10-12-18(24-2)21(26-4)20(17)25-3/h5-13,15H,14H2,1-4H3,(H,22,23)/b13-11+/t15-/m1/s1. The van der Waals surface area contributed by atoms with Crippen LogP contribution in [0.4, 0.5) is 0 Å². The van der Waals surface area contributed by atoms with Gasteiger partial charge in [0.1, 0.15) is 0 Å². The van der Waals surface area contributed by atoms with E-state index >= 15 is 0 Å². The first-order valence-corrected chi connectivity index (χ1v) is 8.40. The van der Waals surface area contributed by atoms with Gasteiger partial charge in [-0.15, -0.1) is 0 Å². The van der Waals surface area contributed by atoms with Gasteiger partial charge in [-0.1, -0.05) is 37.3 Å². The van der Waals surface area contributed by atoms with Crippen molar-refractivity contribution in [1.29, 1.82) is 0 Å². The van der Waals surface area contributed by atoms with E-state index in [-0.39, 0.29) is 11.8 Å². The fourth-order valence-electron chi connectivity index (χ4n) is 2.63. The van der Waals surface area contributed by atoms with Crippen LogP contribution in [0.3, 0.4) is 0 Å². The van der Waals surface area contributed by atoms with Gasteiger partial charge in [-0.3, -0.25) is 4.79 Å². The van der Waals surface area contributed by atoms with Crippen molar-refractivity contribution in [2.24, 2.45) is 0 Å². The van der Waals surface area contributed by atoms with E-state index in [9.17, 15) is 4.79 Å². The van der Waals surface area contributed by atoms with Gasteiger partial charge in [-0.25, -0.2) is 0 Å². The molecule has 2 aromatic carbocycles. The van der Waals surface area contributed by atoms with Crippen LogP contribution in [0.25, 0.3) is 6.08 Å². The molecule has 5 heteroatoms. The van der Waals surface area contributed by atoms with Crippen LogP contribution in [-0.2, 0) is 4.79 Å². The summed E-state index contributed by atoms with van der Waals surface area (Å²) in [6.45, 7) is 2.65. The van der Waals surface area contributed by atoms with Crippen LogP contribution >= 0.6 is 0 Å². The number of hydrogen-bond donors (Lipinski definition) is 1. The molecule has 138 valence electrons. The van der Waals surface area contributed by atoms with E-state index in [0.29, 0.717) is 23.8 Å². The Morgan fingerprint density at radius 3 is 2.31 bits per heavy atom. The Bertz CT molecular complexity index is 756. The highest BCUT2D eigenvalue weighted by atomic mass is 16.5. The number of hydrogen-bond acceptors (Lipinski definition) is 4. The van der Waals surface area contributed by atoms with Crippen LogP contribution in [-0.4, -0.2) is 33.8 Å². The molecule has 0 bridgehead atoms. The van der Waals surface area contributed by atoms with Crippen LogP contribution in [0.5, 0.6) is 17.2 Å². The van der Waals surface area contributed by atoms with Gasteiger partial charge in [0.05, 0.1) is 21.3 Å². The molecule has 1 N–H and O–H groups in total. The molecule has 0 radical (unpaired) electrons. The van der Waals surface area contributed by atoms with Crippen molar-refractivity contribution >= 4 is 12.0 Å². The molecule has 0 aliphatic rings. The topological polar surface area (TPSA) is 56.8 Å². The maximum absolute atomic E-state index is 12.1. The van der Waals surface area contributed by atoms with Crippen molar-refractivity contribution in [3.63, 3.8) is 0 Å². The Kier molecular flexibility index (Phi) is 7.09. The molecule has 0 aliphatic carbocycles. The normalized spacial score (nSPS) is 11.8. The summed E-state index contributed by atoms with van der Waals surface area (Å²) in [4.78, 5) is 12.1. The predicted molar refractivity (Wildman–Crippen MR) is 103 cm³/mol. The van der Waals surface area contributed by atoms with Crippen LogP contribution in [0.15, 0.2) is 48.5 Å². The summed E-state index contributed by atoms with van der Waals surface area (Å²) in [6.07, 6.45) is 3.19. The second-order valence-corrected chi connectivity index (χ2v) is 5.81. The highest BCUT2D eigenvalue weighted by Gasteiger charge is 2.14. The molecule has 0 saturated heterocycles. The quantitative estimate of drug-likeness (QED) is 0.735. The van der Waals surface area contributed by atoms with Gasteiger partial charge >= 0.3 is 0 Å². The van der Waals surface area contributed by atoms with E-state index in [1.807, 2.05) is 24.3 Å². The van der Waals surface area contributed by atoms with E-state index in [1.54, 1.807) is 33.5 Å². The summed E-state index contributed by atoms with van der Waals surface area (Å²) in [7, 11) is 4.66. The Morgan fingerprint density at radius 1 is 1.00 bits per heavy atom. The minimum Gasteiger partial charge on any atom is -0.493 e. The van der Waals surface area contributed by atoms with Crippen molar-refractivity contribution in [1.82, 2.24) is 5.32 Å². The van der Waals surface area contributed by atoms with Crippen LogP contribution in [0.1, 0.15) is 24.0 Å². The van der Waals surface area contributed by atoms with Crippen LogP contribution in [0.2, 0.25) is 0 Å². The monoisotopic (exact) mass is 355 g/mol. The van der Waals surface area contributed by atoms with Gasteiger partial charge in [-0.05, 0) is 29.7 Å². The van der Waals surface area contributed by atoms with E-state index in [2.05, 4.69) is 24.4 Å². The highest BCUT2D eigenvalue weighted by molar-refractivity contribution is 5.92. The Balaban J connectivity index is 2.04. The lowest BCUT2D eigenvalue weighted by atomic mass is 10.0. The number of carbonyl (C=O) groups excluding carboxylic acids is 1. The van der Waals surface area contributed by atoms with Gasteiger partial charge in [0, 0.05) is 18.2 Å². The first-order chi connectivity index (χ1) is 12.6. The summed E-state index contributed by atoms with van der Waals surface area (Å²) >= 11 is 0. The summed E-state index contributed by atoms with van der Waals surface area (Å²) in [5, 5.41) is 2.92. The Morgan fingerprint density at radius 2 is 1.69 bits per heavy atom. The largest absolute Gasteiger partial charge is 0.493 e. The molecule has 2 aromatic rings. The molecule has 5 nitrogen and oxygen atoms in total. The lowest BCUT2D eigenvalue weighted by Crippen LogP contribution is -2.25. The number of benzene rings is 2. The van der Waals surface area contributed by atoms with Crippen molar-refractivity contribution in [2.45, 2.75) is 12.8 Å². The zero-order chi connectivity index (χ0) is 18.9. The second-order valence-electron chi connectivity index (χ2n) is 5.81. The summed E-state index contributed by atoms with van der Waals surface area (Å²) < 4.78 is 16.0. The van der Waals surface area contributed by atoms with Gasteiger partial charge in [0.2, 0.25) is 11.7 Å². The van der Waals surface area contributed by atoms with E-state index < -0.39 is 0 Å².